The van der Waals surface area contributed by atoms with Crippen molar-refractivity contribution in [1.82, 2.24) is 15.2 Å². The Labute approximate surface area is 176 Å². The summed E-state index contributed by atoms with van der Waals surface area (Å²) in [6, 6.07) is 13.7. The fourth-order valence-electron chi connectivity index (χ4n) is 3.25. The Morgan fingerprint density at radius 3 is 2.80 bits per heavy atom. The molecule has 0 spiro atoms. The number of benzene rings is 2. The Bertz CT molecular complexity index is 1100. The molecule has 0 unspecified atom stereocenters. The first-order valence-electron chi connectivity index (χ1n) is 9.44. The Kier molecular flexibility index (Phi) is 5.62. The van der Waals surface area contributed by atoms with E-state index in [1.54, 1.807) is 13.2 Å². The Hall–Kier alpha value is -3.46. The van der Waals surface area contributed by atoms with E-state index in [4.69, 9.17) is 4.74 Å². The van der Waals surface area contributed by atoms with Crippen LogP contribution >= 0.6 is 11.3 Å². The minimum Gasteiger partial charge on any atom is -0.497 e. The molecule has 0 saturated carbocycles. The Morgan fingerprint density at radius 1 is 1.23 bits per heavy atom. The van der Waals surface area contributed by atoms with Gasteiger partial charge in [0, 0.05) is 6.54 Å². The first kappa shape index (κ1) is 19.8. The predicted molar refractivity (Wildman–Crippen MR) is 114 cm³/mol. The van der Waals surface area contributed by atoms with Gasteiger partial charge >= 0.3 is 6.03 Å². The van der Waals surface area contributed by atoms with Crippen molar-refractivity contribution in [2.24, 2.45) is 0 Å². The zero-order valence-corrected chi connectivity index (χ0v) is 17.1. The number of aromatic nitrogens is 1. The van der Waals surface area contributed by atoms with Crippen LogP contribution in [0.3, 0.4) is 0 Å². The molecule has 1 aliphatic rings. The molecule has 0 aliphatic carbocycles. The van der Waals surface area contributed by atoms with Gasteiger partial charge in [-0.15, -0.1) is 0 Å². The predicted octanol–water partition coefficient (Wildman–Crippen LogP) is 2.80. The third kappa shape index (κ3) is 4.25. The quantitative estimate of drug-likeness (QED) is 0.568. The highest BCUT2D eigenvalue weighted by atomic mass is 32.1. The van der Waals surface area contributed by atoms with E-state index >= 15 is 0 Å². The van der Waals surface area contributed by atoms with E-state index in [-0.39, 0.29) is 24.8 Å². The lowest BCUT2D eigenvalue weighted by Crippen LogP contribution is -2.34. The molecule has 8 nitrogen and oxygen atoms in total. The molecule has 0 bridgehead atoms. The average molecular weight is 424 g/mol. The van der Waals surface area contributed by atoms with E-state index in [0.29, 0.717) is 17.3 Å². The van der Waals surface area contributed by atoms with E-state index in [1.165, 1.54) is 11.3 Å². The number of rotatable bonds is 7. The van der Waals surface area contributed by atoms with E-state index in [2.05, 4.69) is 15.6 Å². The summed E-state index contributed by atoms with van der Waals surface area (Å²) >= 11 is 1.31. The van der Waals surface area contributed by atoms with Crippen LogP contribution in [0, 0.1) is 0 Å². The lowest BCUT2D eigenvalue weighted by Gasteiger charge is -2.12. The molecule has 1 atom stereocenters. The van der Waals surface area contributed by atoms with Crippen LogP contribution in [-0.4, -0.2) is 47.4 Å². The fraction of sp³-hybridized carbons (Fsp3) is 0.238. The molecule has 30 heavy (non-hydrogen) atoms. The second-order valence-electron chi connectivity index (χ2n) is 6.83. The van der Waals surface area contributed by atoms with Crippen molar-refractivity contribution in [3.05, 3.63) is 54.1 Å². The van der Waals surface area contributed by atoms with E-state index < -0.39 is 12.1 Å². The maximum atomic E-state index is 12.6. The molecule has 4 amide bonds. The number of ether oxygens (including phenoxy) is 1. The summed E-state index contributed by atoms with van der Waals surface area (Å²) < 4.78 is 6.07. The molecular weight excluding hydrogens is 404 g/mol. The van der Waals surface area contributed by atoms with Crippen LogP contribution in [0.15, 0.2) is 48.5 Å². The fourth-order valence-corrected chi connectivity index (χ4v) is 4.16. The van der Waals surface area contributed by atoms with Gasteiger partial charge in [-0.2, -0.15) is 0 Å². The molecule has 1 saturated heterocycles. The lowest BCUT2D eigenvalue weighted by atomic mass is 10.1. The van der Waals surface area contributed by atoms with Crippen LogP contribution < -0.4 is 15.4 Å². The highest BCUT2D eigenvalue weighted by Gasteiger charge is 2.38. The van der Waals surface area contributed by atoms with Crippen molar-refractivity contribution in [3.8, 4) is 5.75 Å². The van der Waals surface area contributed by atoms with Crippen LogP contribution in [-0.2, 0) is 16.0 Å². The smallest absolute Gasteiger partial charge is 0.324 e. The number of nitrogens with one attached hydrogen (secondary N) is 2. The van der Waals surface area contributed by atoms with Crippen molar-refractivity contribution in [1.29, 1.82) is 0 Å². The van der Waals surface area contributed by atoms with Crippen LogP contribution in [0.5, 0.6) is 5.75 Å². The molecule has 2 heterocycles. The number of carbonyl (C=O) groups is 3. The number of carbonyl (C=O) groups excluding carboxylic acids is 3. The van der Waals surface area contributed by atoms with Crippen molar-refractivity contribution in [3.63, 3.8) is 0 Å². The van der Waals surface area contributed by atoms with Gasteiger partial charge in [-0.1, -0.05) is 41.7 Å². The normalized spacial score (nSPS) is 16.0. The van der Waals surface area contributed by atoms with Gasteiger partial charge < -0.3 is 15.4 Å². The van der Waals surface area contributed by atoms with E-state index in [9.17, 15) is 14.4 Å². The average Bonchev–Trinajstić information content (AvgIpc) is 3.26. The molecular formula is C21H20N4O4S. The number of thiazole rings is 1. The van der Waals surface area contributed by atoms with Gasteiger partial charge in [-0.3, -0.25) is 14.5 Å². The van der Waals surface area contributed by atoms with Crippen LogP contribution in [0.1, 0.15) is 12.0 Å². The van der Waals surface area contributed by atoms with Crippen molar-refractivity contribution in [2.45, 2.75) is 18.9 Å². The second-order valence-corrected chi connectivity index (χ2v) is 7.86. The lowest BCUT2D eigenvalue weighted by molar-refractivity contribution is -0.129. The van der Waals surface area contributed by atoms with Crippen molar-refractivity contribution in [2.75, 3.05) is 19.0 Å². The highest BCUT2D eigenvalue weighted by molar-refractivity contribution is 7.22. The second kappa shape index (κ2) is 8.50. The molecule has 9 heteroatoms. The Balaban J connectivity index is 1.35. The number of urea groups is 1. The Morgan fingerprint density at radius 2 is 2.03 bits per heavy atom. The van der Waals surface area contributed by atoms with Crippen molar-refractivity contribution < 1.29 is 19.1 Å². The zero-order chi connectivity index (χ0) is 21.1. The minimum absolute atomic E-state index is 0.147. The summed E-state index contributed by atoms with van der Waals surface area (Å²) in [6.07, 6.45) is 0.416. The third-order valence-corrected chi connectivity index (χ3v) is 5.74. The van der Waals surface area contributed by atoms with Crippen LogP contribution in [0.4, 0.5) is 9.93 Å². The van der Waals surface area contributed by atoms with Gasteiger partial charge in [-0.05, 0) is 30.2 Å². The molecule has 2 aromatic carbocycles. The minimum atomic E-state index is -0.872. The SMILES string of the molecule is COc1ccc2nc(NC(=O)C[C@@H]3NC(=O)N(CCc4ccccc4)C3=O)sc2c1. The van der Waals surface area contributed by atoms with Crippen molar-refractivity contribution >= 4 is 44.5 Å². The van der Waals surface area contributed by atoms with Gasteiger partial charge in [0.15, 0.2) is 5.13 Å². The summed E-state index contributed by atoms with van der Waals surface area (Å²) in [5, 5.41) is 5.73. The van der Waals surface area contributed by atoms with Gasteiger partial charge in [0.05, 0.1) is 23.7 Å². The number of amides is 4. The molecule has 154 valence electrons. The summed E-state index contributed by atoms with van der Waals surface area (Å²) in [4.78, 5) is 42.7. The van der Waals surface area contributed by atoms with Crippen LogP contribution in [0.2, 0.25) is 0 Å². The molecule has 2 N–H and O–H groups in total. The maximum Gasteiger partial charge on any atom is 0.324 e. The first-order chi connectivity index (χ1) is 14.5. The number of nitrogens with zero attached hydrogens (tertiary/aromatic N) is 2. The monoisotopic (exact) mass is 424 g/mol. The summed E-state index contributed by atoms with van der Waals surface area (Å²) in [7, 11) is 1.58. The third-order valence-electron chi connectivity index (χ3n) is 4.81. The molecule has 4 rings (SSSR count). The topological polar surface area (TPSA) is 101 Å². The van der Waals surface area contributed by atoms with Crippen LogP contribution in [0.25, 0.3) is 10.2 Å². The molecule has 0 radical (unpaired) electrons. The van der Waals surface area contributed by atoms with E-state index in [0.717, 1.165) is 20.7 Å². The van der Waals surface area contributed by atoms with Gasteiger partial charge in [0.2, 0.25) is 5.91 Å². The number of anilines is 1. The molecule has 3 aromatic rings. The number of hydrogen-bond donors (Lipinski definition) is 2. The van der Waals surface area contributed by atoms with E-state index in [1.807, 2.05) is 42.5 Å². The largest absolute Gasteiger partial charge is 0.497 e. The maximum absolute atomic E-state index is 12.6. The number of fused-ring (bicyclic) bond motifs is 1. The van der Waals surface area contributed by atoms with Gasteiger partial charge in [-0.25, -0.2) is 9.78 Å². The zero-order valence-electron chi connectivity index (χ0n) is 16.3. The van der Waals surface area contributed by atoms with Gasteiger partial charge in [0.1, 0.15) is 11.8 Å². The highest BCUT2D eigenvalue weighted by Crippen LogP contribution is 2.29. The number of methoxy groups -OCH3 is 1. The molecule has 1 fully saturated rings. The summed E-state index contributed by atoms with van der Waals surface area (Å²) in [5.41, 5.74) is 1.78. The number of imide groups is 1. The standard InChI is InChI=1S/C21H20N4O4S/c1-29-14-7-8-15-17(11-14)30-20(22-15)24-18(26)12-16-19(27)25(21(28)23-16)10-9-13-5-3-2-4-6-13/h2-8,11,16H,9-10,12H2,1H3,(H,23,28)(H,22,24,26)/t16-/m0/s1. The first-order valence-corrected chi connectivity index (χ1v) is 10.3. The summed E-state index contributed by atoms with van der Waals surface area (Å²) in [5.74, 6) is -0.0661. The van der Waals surface area contributed by atoms with Gasteiger partial charge in [0.25, 0.3) is 5.91 Å². The number of hydrogen-bond acceptors (Lipinski definition) is 6. The molecule has 1 aliphatic heterocycles. The molecule has 1 aromatic heterocycles. The summed E-state index contributed by atoms with van der Waals surface area (Å²) in [6.45, 7) is 0.270.